The molecule has 0 spiro atoms. The summed E-state index contributed by atoms with van der Waals surface area (Å²) in [5.41, 5.74) is 1.20. The predicted octanol–water partition coefficient (Wildman–Crippen LogP) is 1.13. The van der Waals surface area contributed by atoms with Crippen LogP contribution in [0.5, 0.6) is 0 Å². The lowest BCUT2D eigenvalue weighted by Gasteiger charge is -2.29. The fourth-order valence-electron chi connectivity index (χ4n) is 4.98. The number of amides is 3. The van der Waals surface area contributed by atoms with E-state index in [-0.39, 0.29) is 48.1 Å². The van der Waals surface area contributed by atoms with Gasteiger partial charge in [-0.3, -0.25) is 14.4 Å². The van der Waals surface area contributed by atoms with Crippen LogP contribution in [0.25, 0.3) is 0 Å². The summed E-state index contributed by atoms with van der Waals surface area (Å²) < 4.78 is 5.36. The molecule has 1 saturated carbocycles. The molecular weight excluding hydrogens is 382 g/mol. The first-order chi connectivity index (χ1) is 14.6. The van der Waals surface area contributed by atoms with Gasteiger partial charge in [0.2, 0.25) is 17.7 Å². The summed E-state index contributed by atoms with van der Waals surface area (Å²) in [6, 6.07) is 10.1. The van der Waals surface area contributed by atoms with Gasteiger partial charge in [-0.15, -0.1) is 0 Å². The molecule has 3 amide bonds. The number of hydrogen-bond donors (Lipinski definition) is 2. The lowest BCUT2D eigenvalue weighted by molar-refractivity contribution is -0.141. The molecule has 0 aromatic heterocycles. The summed E-state index contributed by atoms with van der Waals surface area (Å²) in [4.78, 5) is 39.7. The number of benzene rings is 1. The van der Waals surface area contributed by atoms with Crippen molar-refractivity contribution in [2.75, 3.05) is 32.8 Å². The van der Waals surface area contributed by atoms with Crippen LogP contribution in [0.2, 0.25) is 0 Å². The highest BCUT2D eigenvalue weighted by Crippen LogP contribution is 2.34. The van der Waals surface area contributed by atoms with Crippen LogP contribution in [0.3, 0.4) is 0 Å². The standard InChI is InChI=1S/C23H31N3O4/c27-21-15-26(23(29)17-7-10-30-11-8-17)14-19-12-18(13-20(19)25-21)22(28)24-9-6-16-4-2-1-3-5-16/h1-5,17-20H,6-15H2,(H,24,28)(H,25,27)/t18-,19+,20+/m0/s1. The molecule has 1 aromatic carbocycles. The third-order valence-electron chi connectivity index (χ3n) is 6.64. The van der Waals surface area contributed by atoms with Crippen molar-refractivity contribution < 1.29 is 19.1 Å². The number of carbonyl (C=O) groups excluding carboxylic acids is 3. The molecule has 3 aliphatic rings. The maximum Gasteiger partial charge on any atom is 0.239 e. The monoisotopic (exact) mass is 413 g/mol. The van der Waals surface area contributed by atoms with Crippen molar-refractivity contribution in [2.24, 2.45) is 17.8 Å². The van der Waals surface area contributed by atoms with Crippen LogP contribution in [0.1, 0.15) is 31.2 Å². The van der Waals surface area contributed by atoms with Gasteiger partial charge in [-0.05, 0) is 43.6 Å². The molecule has 3 atom stereocenters. The van der Waals surface area contributed by atoms with Gasteiger partial charge in [0, 0.05) is 44.2 Å². The Balaban J connectivity index is 1.31. The molecule has 0 unspecified atom stereocenters. The van der Waals surface area contributed by atoms with Gasteiger partial charge in [0.05, 0.1) is 6.54 Å². The molecule has 2 aliphatic heterocycles. The SMILES string of the molecule is O=C1CN(C(=O)C2CCOCC2)C[C@H]2C[C@H](C(=O)NCCc3ccccc3)C[C@H]2N1. The molecular formula is C23H31N3O4. The maximum absolute atomic E-state index is 12.9. The van der Waals surface area contributed by atoms with Crippen molar-refractivity contribution in [1.82, 2.24) is 15.5 Å². The van der Waals surface area contributed by atoms with E-state index in [0.29, 0.717) is 39.1 Å². The van der Waals surface area contributed by atoms with Gasteiger partial charge < -0.3 is 20.3 Å². The Bertz CT molecular complexity index is 763. The van der Waals surface area contributed by atoms with E-state index < -0.39 is 0 Å². The van der Waals surface area contributed by atoms with Crippen molar-refractivity contribution in [2.45, 2.75) is 38.1 Å². The van der Waals surface area contributed by atoms with Crippen LogP contribution in [-0.4, -0.2) is 61.5 Å². The van der Waals surface area contributed by atoms with E-state index in [1.807, 2.05) is 18.2 Å². The molecule has 0 bridgehead atoms. The Hall–Kier alpha value is -2.41. The second-order valence-electron chi connectivity index (χ2n) is 8.73. The normalized spacial score (nSPS) is 27.1. The number of nitrogens with zero attached hydrogens (tertiary/aromatic N) is 1. The van der Waals surface area contributed by atoms with Gasteiger partial charge in [0.1, 0.15) is 0 Å². The predicted molar refractivity (Wildman–Crippen MR) is 111 cm³/mol. The third kappa shape index (κ3) is 5.01. The molecule has 4 rings (SSSR count). The Morgan fingerprint density at radius 2 is 1.87 bits per heavy atom. The zero-order valence-corrected chi connectivity index (χ0v) is 17.3. The van der Waals surface area contributed by atoms with Crippen LogP contribution in [0, 0.1) is 17.8 Å². The summed E-state index contributed by atoms with van der Waals surface area (Å²) in [5.74, 6) is -0.0469. The maximum atomic E-state index is 12.9. The van der Waals surface area contributed by atoms with Crippen LogP contribution < -0.4 is 10.6 Å². The summed E-state index contributed by atoms with van der Waals surface area (Å²) in [7, 11) is 0. The van der Waals surface area contributed by atoms with Crippen LogP contribution in [-0.2, 0) is 25.5 Å². The van der Waals surface area contributed by atoms with Gasteiger partial charge in [-0.25, -0.2) is 0 Å². The van der Waals surface area contributed by atoms with Crippen molar-refractivity contribution in [3.63, 3.8) is 0 Å². The van der Waals surface area contributed by atoms with E-state index in [1.165, 1.54) is 5.56 Å². The number of fused-ring (bicyclic) bond motifs is 1. The minimum atomic E-state index is -0.118. The van der Waals surface area contributed by atoms with E-state index in [1.54, 1.807) is 4.90 Å². The number of rotatable bonds is 5. The smallest absolute Gasteiger partial charge is 0.239 e. The van der Waals surface area contributed by atoms with Gasteiger partial charge in [-0.2, -0.15) is 0 Å². The number of carbonyl (C=O) groups is 3. The molecule has 1 aromatic rings. The van der Waals surface area contributed by atoms with Crippen molar-refractivity contribution in [1.29, 1.82) is 0 Å². The van der Waals surface area contributed by atoms with E-state index >= 15 is 0 Å². The van der Waals surface area contributed by atoms with Gasteiger partial charge in [-0.1, -0.05) is 30.3 Å². The first kappa shape index (κ1) is 20.8. The summed E-state index contributed by atoms with van der Waals surface area (Å²) >= 11 is 0. The molecule has 0 radical (unpaired) electrons. The van der Waals surface area contributed by atoms with E-state index in [9.17, 15) is 14.4 Å². The lowest BCUT2D eigenvalue weighted by Crippen LogP contribution is -2.43. The van der Waals surface area contributed by atoms with E-state index in [2.05, 4.69) is 22.8 Å². The van der Waals surface area contributed by atoms with Crippen molar-refractivity contribution in [3.05, 3.63) is 35.9 Å². The second kappa shape index (κ2) is 9.60. The first-order valence-electron chi connectivity index (χ1n) is 11.1. The average Bonchev–Trinajstić information content (AvgIpc) is 3.09. The quantitative estimate of drug-likeness (QED) is 0.757. The second-order valence-corrected chi connectivity index (χ2v) is 8.73. The van der Waals surface area contributed by atoms with Crippen LogP contribution >= 0.6 is 0 Å². The summed E-state index contributed by atoms with van der Waals surface area (Å²) in [6.07, 6.45) is 3.60. The minimum absolute atomic E-state index is 0.0325. The third-order valence-corrected chi connectivity index (χ3v) is 6.64. The zero-order chi connectivity index (χ0) is 20.9. The highest BCUT2D eigenvalue weighted by Gasteiger charge is 2.42. The van der Waals surface area contributed by atoms with Crippen LogP contribution in [0.15, 0.2) is 30.3 Å². The molecule has 7 heteroatoms. The molecule has 162 valence electrons. The topological polar surface area (TPSA) is 87.7 Å². The number of ether oxygens (including phenoxy) is 1. The van der Waals surface area contributed by atoms with E-state index in [0.717, 1.165) is 19.3 Å². The average molecular weight is 414 g/mol. The zero-order valence-electron chi connectivity index (χ0n) is 17.3. The Morgan fingerprint density at radius 3 is 2.63 bits per heavy atom. The molecule has 30 heavy (non-hydrogen) atoms. The Morgan fingerprint density at radius 1 is 1.10 bits per heavy atom. The Kier molecular flexibility index (Phi) is 6.67. The molecule has 1 aliphatic carbocycles. The highest BCUT2D eigenvalue weighted by atomic mass is 16.5. The van der Waals surface area contributed by atoms with Gasteiger partial charge in [0.15, 0.2) is 0 Å². The first-order valence-corrected chi connectivity index (χ1v) is 11.1. The van der Waals surface area contributed by atoms with Gasteiger partial charge in [0.25, 0.3) is 0 Å². The number of hydrogen-bond acceptors (Lipinski definition) is 4. The molecule has 2 heterocycles. The summed E-state index contributed by atoms with van der Waals surface area (Å²) in [6.45, 7) is 2.49. The largest absolute Gasteiger partial charge is 0.381 e. The van der Waals surface area contributed by atoms with Crippen molar-refractivity contribution >= 4 is 17.7 Å². The highest BCUT2D eigenvalue weighted by molar-refractivity contribution is 5.87. The summed E-state index contributed by atoms with van der Waals surface area (Å²) in [5, 5.41) is 6.11. The van der Waals surface area contributed by atoms with E-state index in [4.69, 9.17) is 4.74 Å². The Labute approximate surface area is 177 Å². The molecule has 2 saturated heterocycles. The lowest BCUT2D eigenvalue weighted by atomic mass is 9.97. The molecule has 7 nitrogen and oxygen atoms in total. The van der Waals surface area contributed by atoms with Crippen molar-refractivity contribution in [3.8, 4) is 0 Å². The fourth-order valence-corrected chi connectivity index (χ4v) is 4.98. The van der Waals surface area contributed by atoms with Crippen LogP contribution in [0.4, 0.5) is 0 Å². The van der Waals surface area contributed by atoms with Gasteiger partial charge >= 0.3 is 0 Å². The molecule has 2 N–H and O–H groups in total. The number of nitrogens with one attached hydrogen (secondary N) is 2. The fraction of sp³-hybridized carbons (Fsp3) is 0.609. The molecule has 3 fully saturated rings. The minimum Gasteiger partial charge on any atom is -0.381 e.